The van der Waals surface area contributed by atoms with Crippen LogP contribution in [0.25, 0.3) is 12.2 Å². The summed E-state index contributed by atoms with van der Waals surface area (Å²) < 4.78 is 0. The van der Waals surface area contributed by atoms with E-state index in [-0.39, 0.29) is 0 Å². The van der Waals surface area contributed by atoms with Gasteiger partial charge in [0.15, 0.2) is 13.7 Å². The Morgan fingerprint density at radius 2 is 1.29 bits per heavy atom. The molecule has 0 amide bonds. The number of hydrogen-bond acceptors (Lipinski definition) is 6. The summed E-state index contributed by atoms with van der Waals surface area (Å²) in [5, 5.41) is 13.3. The fourth-order valence-electron chi connectivity index (χ4n) is 3.86. The van der Waals surface area contributed by atoms with Crippen LogP contribution in [0, 0.1) is 6.92 Å². The predicted molar refractivity (Wildman–Crippen MR) is 211 cm³/mol. The molecule has 0 fully saturated rings. The molecule has 0 atom stereocenters. The van der Waals surface area contributed by atoms with E-state index < -0.39 is 0 Å². The lowest BCUT2D eigenvalue weighted by atomic mass is 9.96. The maximum atomic E-state index is 7.00. The molecule has 48 heavy (non-hydrogen) atoms. The molecule has 0 saturated carbocycles. The van der Waals surface area contributed by atoms with E-state index in [9.17, 15) is 0 Å². The number of hydroxylamine groups is 4. The van der Waals surface area contributed by atoms with Gasteiger partial charge in [0.1, 0.15) is 0 Å². The van der Waals surface area contributed by atoms with E-state index in [0.717, 1.165) is 33.0 Å². The molecule has 8 nitrogen and oxygen atoms in total. The third kappa shape index (κ3) is 29.0. The lowest BCUT2D eigenvalue weighted by molar-refractivity contribution is -0.499. The SMILES string of the molecule is C=CCCCC[OH+]N(C)C.CC.CN.CNC.CO.C[OH+]ON(C)Cc1ccc(/C=C/C2=CC=C(/C=C/c3ccc(C)cc3)CC2)cc1. The summed E-state index contributed by atoms with van der Waals surface area (Å²) in [5.41, 5.74) is 12.2. The largest absolute Gasteiger partial charge is 0.400 e. The summed E-state index contributed by atoms with van der Waals surface area (Å²) in [7, 11) is 13.7. The molecular formula is C40H70N4O4+2. The average Bonchev–Trinajstić information content (AvgIpc) is 3.11. The maximum Gasteiger partial charge on any atom is 0.176 e. The lowest BCUT2D eigenvalue weighted by Crippen LogP contribution is -2.19. The molecule has 0 unspecified atom stereocenters. The summed E-state index contributed by atoms with van der Waals surface area (Å²) in [6, 6.07) is 17.1. The number of rotatable bonds is 14. The molecule has 3 rings (SSSR count). The first-order valence-electron chi connectivity index (χ1n) is 16.8. The second-order valence-corrected chi connectivity index (χ2v) is 10.3. The first-order chi connectivity index (χ1) is 23.3. The number of aliphatic hydroxyl groups excluding tert-OH is 1. The minimum Gasteiger partial charge on any atom is -0.400 e. The van der Waals surface area contributed by atoms with Crippen LogP contribution in [0.5, 0.6) is 0 Å². The zero-order valence-corrected chi connectivity index (χ0v) is 32.0. The van der Waals surface area contributed by atoms with Crippen molar-refractivity contribution in [2.24, 2.45) is 5.73 Å². The summed E-state index contributed by atoms with van der Waals surface area (Å²) in [6.45, 7) is 11.4. The van der Waals surface area contributed by atoms with Gasteiger partial charge in [0, 0.05) is 20.6 Å². The molecule has 2 aromatic rings. The summed E-state index contributed by atoms with van der Waals surface area (Å²) in [5.74, 6) is 0. The van der Waals surface area contributed by atoms with Crippen molar-refractivity contribution in [1.82, 2.24) is 15.4 Å². The van der Waals surface area contributed by atoms with Gasteiger partial charge in [-0.15, -0.1) is 11.6 Å². The van der Waals surface area contributed by atoms with Crippen molar-refractivity contribution in [3.8, 4) is 0 Å². The van der Waals surface area contributed by atoms with Crippen molar-refractivity contribution in [1.29, 1.82) is 0 Å². The summed E-state index contributed by atoms with van der Waals surface area (Å²) in [6.07, 6.45) is 20.9. The van der Waals surface area contributed by atoms with Gasteiger partial charge in [-0.2, -0.15) is 0 Å². The first kappa shape index (κ1) is 49.2. The van der Waals surface area contributed by atoms with Gasteiger partial charge in [0.25, 0.3) is 0 Å². The molecule has 0 aliphatic heterocycles. The van der Waals surface area contributed by atoms with Crippen LogP contribution in [-0.4, -0.2) is 88.1 Å². The highest BCUT2D eigenvalue weighted by Gasteiger charge is 2.04. The Bertz CT molecular complexity index is 1110. The zero-order chi connectivity index (χ0) is 37.0. The fraction of sp³-hybridized carbons (Fsp3) is 0.450. The third-order valence-corrected chi connectivity index (χ3v) is 6.08. The average molecular weight is 671 g/mol. The molecule has 272 valence electrons. The molecule has 0 aromatic heterocycles. The highest BCUT2D eigenvalue weighted by atomic mass is 17.3. The number of nitrogens with two attached hydrogens (primary N) is 1. The van der Waals surface area contributed by atoms with Crippen LogP contribution in [0.2, 0.25) is 0 Å². The predicted octanol–water partition coefficient (Wildman–Crippen LogP) is 7.20. The Kier molecular flexibility index (Phi) is 37.6. The number of hydrogen-bond donors (Lipinski definition) is 3. The van der Waals surface area contributed by atoms with Gasteiger partial charge in [-0.05, 0) is 86.6 Å². The van der Waals surface area contributed by atoms with Crippen LogP contribution in [0.1, 0.15) is 68.2 Å². The van der Waals surface area contributed by atoms with Gasteiger partial charge in [0.2, 0.25) is 0 Å². The molecule has 0 radical (unpaired) electrons. The van der Waals surface area contributed by atoms with Gasteiger partial charge in [-0.3, -0.25) is 0 Å². The number of aryl methyl sites for hydroxylation is 1. The van der Waals surface area contributed by atoms with E-state index in [4.69, 9.17) is 10.1 Å². The Hall–Kier alpha value is -3.18. The van der Waals surface area contributed by atoms with Crippen molar-refractivity contribution < 1.29 is 19.8 Å². The molecule has 0 heterocycles. The van der Waals surface area contributed by atoms with Crippen LogP contribution >= 0.6 is 0 Å². The van der Waals surface area contributed by atoms with Crippen LogP contribution in [0.4, 0.5) is 0 Å². The number of benzene rings is 2. The van der Waals surface area contributed by atoms with Gasteiger partial charge >= 0.3 is 0 Å². The number of unbranched alkanes of at least 4 members (excludes halogenated alkanes) is 2. The molecule has 2 aromatic carbocycles. The normalized spacial score (nSPS) is 11.7. The lowest BCUT2D eigenvalue weighted by Gasteiger charge is -2.10. The minimum absolute atomic E-state index is 0.705. The van der Waals surface area contributed by atoms with Crippen molar-refractivity contribution >= 4 is 12.2 Å². The number of aliphatic hydroxyl groups is 3. The molecule has 8 heteroatoms. The van der Waals surface area contributed by atoms with Crippen LogP contribution in [0.3, 0.4) is 0 Å². The van der Waals surface area contributed by atoms with Gasteiger partial charge in [0.05, 0.1) is 20.6 Å². The highest BCUT2D eigenvalue weighted by molar-refractivity contribution is 5.56. The van der Waals surface area contributed by atoms with E-state index >= 15 is 0 Å². The molecule has 0 bridgehead atoms. The second-order valence-electron chi connectivity index (χ2n) is 10.3. The first-order valence-corrected chi connectivity index (χ1v) is 16.8. The van der Waals surface area contributed by atoms with E-state index in [2.05, 4.69) is 119 Å². The Labute approximate surface area is 294 Å². The number of nitrogens with zero attached hydrogens (tertiary/aromatic N) is 2. The smallest absolute Gasteiger partial charge is 0.176 e. The molecule has 0 spiro atoms. The monoisotopic (exact) mass is 671 g/mol. The topological polar surface area (TPSA) is 99.6 Å². The van der Waals surface area contributed by atoms with E-state index in [1.54, 1.807) is 12.2 Å². The van der Waals surface area contributed by atoms with Crippen LogP contribution in [0.15, 0.2) is 96.6 Å². The summed E-state index contributed by atoms with van der Waals surface area (Å²) in [4.78, 5) is 12.9. The quantitative estimate of drug-likeness (QED) is 0.0647. The van der Waals surface area contributed by atoms with Gasteiger partial charge in [-0.25, -0.2) is 4.89 Å². The van der Waals surface area contributed by atoms with Crippen molar-refractivity contribution in [3.63, 3.8) is 0 Å². The minimum atomic E-state index is 0.705. The third-order valence-electron chi connectivity index (χ3n) is 6.08. The number of allylic oxidation sites excluding steroid dienone is 7. The van der Waals surface area contributed by atoms with Crippen LogP contribution in [-0.2, 0) is 11.5 Å². The van der Waals surface area contributed by atoms with Crippen molar-refractivity contribution in [3.05, 3.63) is 119 Å². The second kappa shape index (κ2) is 36.7. The zero-order valence-electron chi connectivity index (χ0n) is 32.0. The van der Waals surface area contributed by atoms with Crippen molar-refractivity contribution in [2.75, 3.05) is 63.1 Å². The standard InChI is InChI=1S/C26H29NO2.C8H17NO.C2H7N.C2H6.CH5N.CH4O/c1-21-4-6-22(7-5-21)8-9-23-10-12-24(13-11-23)14-15-25-16-18-26(19-17-25)20-27(2)29-28-3;1-4-5-6-7-8-10-9(2)3;1-3-2;3*1-2/h4-10,12,14-19H,11,13,20H2,1-3H3;4H,1,5-8H2,2-3H3;3H,1-2H3;1-2H3;2H2,1H3;2H,1H3/p+2/b9-8+,15-14+;;;;;. The summed E-state index contributed by atoms with van der Waals surface area (Å²) >= 11 is 0. The highest BCUT2D eigenvalue weighted by Crippen LogP contribution is 2.22. The Morgan fingerprint density at radius 1 is 0.833 bits per heavy atom. The molecular weight excluding hydrogens is 600 g/mol. The number of nitrogens with one attached hydrogen (secondary N) is 1. The molecule has 1 aliphatic carbocycles. The van der Waals surface area contributed by atoms with Crippen molar-refractivity contribution in [2.45, 2.75) is 59.4 Å². The maximum absolute atomic E-state index is 7.00. The Balaban J connectivity index is -0.000000890. The van der Waals surface area contributed by atoms with E-state index in [1.807, 2.05) is 60.2 Å². The fourth-order valence-corrected chi connectivity index (χ4v) is 3.86. The molecule has 1 aliphatic rings. The van der Waals surface area contributed by atoms with E-state index in [1.165, 1.54) is 53.3 Å². The molecule has 0 saturated heterocycles. The Morgan fingerprint density at radius 3 is 1.69 bits per heavy atom. The van der Waals surface area contributed by atoms with E-state index in [0.29, 0.717) is 6.54 Å². The molecule has 6 N–H and O–H groups in total. The van der Waals surface area contributed by atoms with Crippen LogP contribution < -0.4 is 11.1 Å². The van der Waals surface area contributed by atoms with Gasteiger partial charge in [-0.1, -0.05) is 116 Å². The van der Waals surface area contributed by atoms with Gasteiger partial charge < -0.3 is 21.0 Å².